The lowest BCUT2D eigenvalue weighted by Gasteiger charge is -2.14. The minimum atomic E-state index is -0.525. The molecule has 0 aliphatic carbocycles. The maximum Gasteiger partial charge on any atom is 0.307 e. The van der Waals surface area contributed by atoms with Crippen LogP contribution in [0.4, 0.5) is 5.69 Å². The van der Waals surface area contributed by atoms with E-state index in [0.29, 0.717) is 33.5 Å². The molecule has 0 saturated heterocycles. The Bertz CT molecular complexity index is 1520. The van der Waals surface area contributed by atoms with Crippen molar-refractivity contribution in [2.24, 2.45) is 5.10 Å². The van der Waals surface area contributed by atoms with E-state index < -0.39 is 10.8 Å². The number of nitro groups is 1. The number of halogens is 3. The molecule has 37 heavy (non-hydrogen) atoms. The summed E-state index contributed by atoms with van der Waals surface area (Å²) in [6, 6.07) is 14.7. The van der Waals surface area contributed by atoms with E-state index in [0.717, 1.165) is 9.86 Å². The number of non-ortho nitro benzene ring substituents is 1. The monoisotopic (exact) mass is 649 g/mol. The van der Waals surface area contributed by atoms with Crippen LogP contribution in [0.3, 0.4) is 0 Å². The summed E-state index contributed by atoms with van der Waals surface area (Å²) in [4.78, 5) is 23.1. The van der Waals surface area contributed by atoms with Gasteiger partial charge in [-0.3, -0.25) is 14.9 Å². The van der Waals surface area contributed by atoms with Crippen LogP contribution in [0.5, 0.6) is 11.5 Å². The van der Waals surface area contributed by atoms with Crippen molar-refractivity contribution in [3.8, 4) is 11.5 Å². The smallest absolute Gasteiger partial charge is 0.307 e. The number of carbonyl (C=O) groups is 1. The predicted octanol–water partition coefficient (Wildman–Crippen LogP) is 7.26. The molecule has 190 valence electrons. The predicted molar refractivity (Wildman–Crippen MR) is 147 cm³/mol. The molecule has 0 fully saturated rings. The first-order valence-corrected chi connectivity index (χ1v) is 12.8. The Morgan fingerprint density at radius 1 is 1.19 bits per heavy atom. The Hall–Kier alpha value is -3.41. The SMILES string of the molecule is CCOc1cc(/C=N\NC(=O)c2cc3cc(Br)cc(Br)c3o2)cc(Cl)c1OCc1cccc([N+](=O)[O-])c1. The molecule has 12 heteroatoms. The first kappa shape index (κ1) is 26.6. The zero-order chi connectivity index (χ0) is 26.5. The quantitative estimate of drug-likeness (QED) is 0.116. The molecule has 0 unspecified atom stereocenters. The van der Waals surface area contributed by atoms with Gasteiger partial charge in [0.15, 0.2) is 17.3 Å². The van der Waals surface area contributed by atoms with Crippen molar-refractivity contribution in [2.45, 2.75) is 13.5 Å². The molecule has 0 saturated carbocycles. The molecule has 3 aromatic carbocycles. The number of carbonyl (C=O) groups excluding carboxylic acids is 1. The number of nitrogens with zero attached hydrogens (tertiary/aromatic N) is 2. The van der Waals surface area contributed by atoms with E-state index in [9.17, 15) is 14.9 Å². The van der Waals surface area contributed by atoms with Crippen LogP contribution in [0.15, 0.2) is 73.1 Å². The summed E-state index contributed by atoms with van der Waals surface area (Å²) in [6.07, 6.45) is 1.41. The maximum absolute atomic E-state index is 12.5. The van der Waals surface area contributed by atoms with Gasteiger partial charge in [-0.25, -0.2) is 5.43 Å². The van der Waals surface area contributed by atoms with E-state index in [2.05, 4.69) is 42.4 Å². The number of fused-ring (bicyclic) bond motifs is 1. The third-order valence-corrected chi connectivity index (χ3v) is 6.30. The third kappa shape index (κ3) is 6.48. The van der Waals surface area contributed by atoms with Crippen LogP contribution in [0.2, 0.25) is 5.02 Å². The summed E-state index contributed by atoms with van der Waals surface area (Å²) in [5, 5.41) is 16.0. The third-order valence-electron chi connectivity index (χ3n) is 4.98. The topological polar surface area (TPSA) is 116 Å². The second-order valence-electron chi connectivity index (χ2n) is 7.59. The van der Waals surface area contributed by atoms with Crippen LogP contribution in [0.25, 0.3) is 11.0 Å². The molecule has 4 aromatic rings. The molecular weight excluding hydrogens is 634 g/mol. The fourth-order valence-corrected chi connectivity index (χ4v) is 5.00. The van der Waals surface area contributed by atoms with Gasteiger partial charge in [0, 0.05) is 22.0 Å². The molecule has 4 rings (SSSR count). The number of hydrazone groups is 1. The number of nitro benzene ring substituents is 1. The highest BCUT2D eigenvalue weighted by atomic mass is 79.9. The Morgan fingerprint density at radius 2 is 2.00 bits per heavy atom. The van der Waals surface area contributed by atoms with E-state index in [1.807, 2.05) is 19.1 Å². The van der Waals surface area contributed by atoms with Gasteiger partial charge < -0.3 is 13.9 Å². The van der Waals surface area contributed by atoms with E-state index in [4.69, 9.17) is 25.5 Å². The molecule has 1 heterocycles. The number of furan rings is 1. The fraction of sp³-hybridized carbons (Fsp3) is 0.120. The number of nitrogens with one attached hydrogen (secondary N) is 1. The average Bonchev–Trinajstić information content (AvgIpc) is 3.28. The van der Waals surface area contributed by atoms with Crippen LogP contribution >= 0.6 is 43.5 Å². The van der Waals surface area contributed by atoms with Crippen molar-refractivity contribution in [1.29, 1.82) is 0 Å². The lowest BCUT2D eigenvalue weighted by atomic mass is 10.2. The van der Waals surface area contributed by atoms with Crippen molar-refractivity contribution >= 4 is 72.2 Å². The van der Waals surface area contributed by atoms with Crippen LogP contribution in [-0.4, -0.2) is 23.7 Å². The van der Waals surface area contributed by atoms with Gasteiger partial charge in [-0.05, 0) is 64.3 Å². The second-order valence-corrected chi connectivity index (χ2v) is 9.77. The van der Waals surface area contributed by atoms with E-state index >= 15 is 0 Å². The number of ether oxygens (including phenoxy) is 2. The highest BCUT2D eigenvalue weighted by Crippen LogP contribution is 2.37. The van der Waals surface area contributed by atoms with Gasteiger partial charge >= 0.3 is 5.91 Å². The Labute approximate surface area is 232 Å². The van der Waals surface area contributed by atoms with E-state index in [1.165, 1.54) is 18.3 Å². The molecule has 0 spiro atoms. The maximum atomic E-state index is 12.5. The molecule has 0 aliphatic heterocycles. The number of benzene rings is 3. The van der Waals surface area contributed by atoms with Crippen molar-refractivity contribution in [1.82, 2.24) is 5.43 Å². The zero-order valence-electron chi connectivity index (χ0n) is 19.2. The van der Waals surface area contributed by atoms with Crippen LogP contribution < -0.4 is 14.9 Å². The van der Waals surface area contributed by atoms with Gasteiger partial charge in [-0.2, -0.15) is 5.10 Å². The summed E-state index contributed by atoms with van der Waals surface area (Å²) < 4.78 is 18.7. The Morgan fingerprint density at radius 3 is 2.76 bits per heavy atom. The number of amides is 1. The van der Waals surface area contributed by atoms with Gasteiger partial charge in [0.05, 0.1) is 27.2 Å². The minimum absolute atomic E-state index is 0.0333. The lowest BCUT2D eigenvalue weighted by Crippen LogP contribution is -2.16. The van der Waals surface area contributed by atoms with Crippen molar-refractivity contribution < 1.29 is 23.6 Å². The first-order valence-electron chi connectivity index (χ1n) is 10.8. The molecule has 0 atom stereocenters. The molecule has 9 nitrogen and oxygen atoms in total. The highest BCUT2D eigenvalue weighted by molar-refractivity contribution is 9.11. The molecule has 1 N–H and O–H groups in total. The molecule has 0 bridgehead atoms. The molecule has 0 radical (unpaired) electrons. The zero-order valence-corrected chi connectivity index (χ0v) is 23.1. The summed E-state index contributed by atoms with van der Waals surface area (Å²) in [5.74, 6) is 0.225. The lowest BCUT2D eigenvalue weighted by molar-refractivity contribution is -0.384. The van der Waals surface area contributed by atoms with Gasteiger partial charge in [0.25, 0.3) is 5.69 Å². The normalized spacial score (nSPS) is 11.1. The number of hydrogen-bond donors (Lipinski definition) is 1. The molecule has 1 aromatic heterocycles. The summed E-state index contributed by atoms with van der Waals surface area (Å²) in [5.41, 5.74) is 4.09. The van der Waals surface area contributed by atoms with Crippen molar-refractivity contribution in [2.75, 3.05) is 6.61 Å². The highest BCUT2D eigenvalue weighted by Gasteiger charge is 2.16. The Kier molecular flexibility index (Phi) is 8.47. The first-order chi connectivity index (χ1) is 17.7. The fourth-order valence-electron chi connectivity index (χ4n) is 3.39. The molecule has 0 aliphatic rings. The average molecular weight is 652 g/mol. The largest absolute Gasteiger partial charge is 0.490 e. The number of hydrogen-bond acceptors (Lipinski definition) is 7. The summed E-state index contributed by atoms with van der Waals surface area (Å²) in [6.45, 7) is 2.21. The van der Waals surface area contributed by atoms with Crippen LogP contribution in [0.1, 0.15) is 28.6 Å². The number of rotatable bonds is 9. The molecule has 1 amide bonds. The summed E-state index contributed by atoms with van der Waals surface area (Å²) in [7, 11) is 0. The standard InChI is InChI=1S/C25H18Br2ClN3O6/c1-2-35-21-8-15(7-20(28)24(21)36-13-14-4-3-5-18(6-14)31(33)34)12-29-30-25(32)22-10-16-9-17(26)11-19(27)23(16)37-22/h3-12H,2,13H2,1H3,(H,30,32)/b29-12-. The van der Waals surface area contributed by atoms with E-state index in [1.54, 1.807) is 30.3 Å². The van der Waals surface area contributed by atoms with Crippen molar-refractivity contribution in [3.05, 3.63) is 95.6 Å². The second kappa shape index (κ2) is 11.8. The molecular formula is C25H18Br2ClN3O6. The van der Waals surface area contributed by atoms with Gasteiger partial charge in [0.2, 0.25) is 0 Å². The Balaban J connectivity index is 1.48. The van der Waals surface area contributed by atoms with Gasteiger partial charge in [0.1, 0.15) is 12.2 Å². The van der Waals surface area contributed by atoms with Crippen molar-refractivity contribution in [3.63, 3.8) is 0 Å². The minimum Gasteiger partial charge on any atom is -0.490 e. The van der Waals surface area contributed by atoms with Crippen LogP contribution in [-0.2, 0) is 6.61 Å². The van der Waals surface area contributed by atoms with Gasteiger partial charge in [-0.15, -0.1) is 0 Å². The summed E-state index contributed by atoms with van der Waals surface area (Å²) >= 11 is 13.3. The van der Waals surface area contributed by atoms with Gasteiger partial charge in [-0.1, -0.05) is 39.7 Å². The van der Waals surface area contributed by atoms with Crippen LogP contribution in [0, 0.1) is 10.1 Å². The van der Waals surface area contributed by atoms with E-state index in [-0.39, 0.29) is 28.8 Å².